The predicted octanol–water partition coefficient (Wildman–Crippen LogP) is 2.52. The molecule has 0 N–H and O–H groups in total. The molecule has 1 aromatic carbocycles. The molecule has 8 aromatic rings. The van der Waals surface area contributed by atoms with Crippen LogP contribution < -0.4 is 11.1 Å². The number of rotatable bonds is 0. The Hall–Kier alpha value is -2.54. The summed E-state index contributed by atoms with van der Waals surface area (Å²) in [5.41, 5.74) is 3.06. The van der Waals surface area contributed by atoms with Gasteiger partial charge in [-0.1, -0.05) is 0 Å². The third-order valence-corrected chi connectivity index (χ3v) is 10.2. The molecule has 0 saturated carbocycles. The Kier molecular flexibility index (Phi) is 2.52. The van der Waals surface area contributed by atoms with Crippen LogP contribution >= 0.6 is 11.3 Å². The van der Waals surface area contributed by atoms with Crippen molar-refractivity contribution in [1.29, 1.82) is 0 Å². The van der Waals surface area contributed by atoms with Gasteiger partial charge in [-0.15, -0.1) is 0 Å². The molecule has 0 spiro atoms. The fraction of sp³-hybridized carbons (Fsp3) is 0. The number of hydrogen-bond donors (Lipinski definition) is 0. The van der Waals surface area contributed by atoms with Crippen LogP contribution in [0.2, 0.25) is 0 Å². The van der Waals surface area contributed by atoms with Crippen LogP contribution in [0.15, 0.2) is 43.7 Å². The van der Waals surface area contributed by atoms with Crippen LogP contribution in [0, 0.1) is 0 Å². The maximum absolute atomic E-state index is 13.5. The molecule has 6 nitrogen and oxygen atoms in total. The van der Waals surface area contributed by atoms with Gasteiger partial charge in [-0.25, -0.2) is 0 Å². The van der Waals surface area contributed by atoms with Crippen molar-refractivity contribution in [2.24, 2.45) is 0 Å². The van der Waals surface area contributed by atoms with Crippen molar-refractivity contribution in [2.45, 2.75) is 0 Å². The SMILES string of the molecule is O=c1c2sc3c4c(ccc(c24)c2nc4[se]ccc4n12)c(=O)n1c2cc[se]c2nc31. The van der Waals surface area contributed by atoms with Gasteiger partial charge in [0.25, 0.3) is 0 Å². The summed E-state index contributed by atoms with van der Waals surface area (Å²) in [4.78, 5) is 40.6. The zero-order valence-electron chi connectivity index (χ0n) is 14.3. The minimum absolute atomic E-state index is 0.0499. The van der Waals surface area contributed by atoms with Gasteiger partial charge in [0.1, 0.15) is 0 Å². The van der Waals surface area contributed by atoms with E-state index in [9.17, 15) is 9.59 Å². The second kappa shape index (κ2) is 4.78. The molecule has 7 heterocycles. The number of aromatic nitrogens is 4. The van der Waals surface area contributed by atoms with Crippen LogP contribution in [0.3, 0.4) is 0 Å². The Morgan fingerprint density at radius 3 is 2.10 bits per heavy atom. The third-order valence-electron chi connectivity index (χ3n) is 5.71. The van der Waals surface area contributed by atoms with E-state index in [0.29, 0.717) is 21.4 Å². The molecule has 0 atom stereocenters. The van der Waals surface area contributed by atoms with E-state index in [1.165, 1.54) is 11.3 Å². The van der Waals surface area contributed by atoms with Crippen molar-refractivity contribution >= 4 is 102 Å². The van der Waals surface area contributed by atoms with Gasteiger partial charge < -0.3 is 0 Å². The molecule has 0 aliphatic rings. The Morgan fingerprint density at radius 2 is 1.34 bits per heavy atom. The molecule has 9 heteroatoms. The van der Waals surface area contributed by atoms with E-state index in [1.54, 1.807) is 8.80 Å². The van der Waals surface area contributed by atoms with Crippen LogP contribution in [-0.4, -0.2) is 47.8 Å². The summed E-state index contributed by atoms with van der Waals surface area (Å²) >= 11 is 1.77. The van der Waals surface area contributed by atoms with Gasteiger partial charge >= 0.3 is 176 Å². The van der Waals surface area contributed by atoms with Crippen molar-refractivity contribution in [2.75, 3.05) is 0 Å². The van der Waals surface area contributed by atoms with E-state index in [2.05, 4.69) is 9.88 Å². The first-order valence-corrected chi connectivity index (χ1v) is 13.3. The van der Waals surface area contributed by atoms with Crippen LogP contribution in [-0.2, 0) is 0 Å². The first kappa shape index (κ1) is 15.3. The number of imidazole rings is 2. The average Bonchev–Trinajstić information content (AvgIpc) is 3.48. The van der Waals surface area contributed by atoms with Crippen molar-refractivity contribution in [3.8, 4) is 0 Å². The Bertz CT molecular complexity index is 2070. The third kappa shape index (κ3) is 1.57. The normalized spacial score (nSPS) is 13.1. The van der Waals surface area contributed by atoms with Crippen LogP contribution in [0.5, 0.6) is 0 Å². The fourth-order valence-corrected chi connectivity index (χ4v) is 8.90. The summed E-state index contributed by atoms with van der Waals surface area (Å²) in [6.45, 7) is 0. The number of hydrogen-bond acceptors (Lipinski definition) is 5. The molecule has 0 saturated heterocycles. The van der Waals surface area contributed by atoms with E-state index >= 15 is 0 Å². The van der Waals surface area contributed by atoms with Crippen molar-refractivity contribution in [3.63, 3.8) is 0 Å². The standard InChI is InChI=1S/C20H6N4O2SSe2/c25-19-8-2-1-7-11-12(8)13(16-22-18-10(24(16)19)4-6-29-18)27-14(11)20(26)23-9-3-5-28-17(9)21-15(7)23/h1-6H. The molecule has 0 aliphatic carbocycles. The van der Waals surface area contributed by atoms with Gasteiger partial charge in [0.2, 0.25) is 0 Å². The Labute approximate surface area is 175 Å². The van der Waals surface area contributed by atoms with E-state index in [1.807, 2.05) is 24.3 Å². The zero-order chi connectivity index (χ0) is 19.0. The number of fused-ring (bicyclic) bond motifs is 8. The molecule has 0 amide bonds. The molecule has 8 rings (SSSR count). The minimum atomic E-state index is -0.0605. The summed E-state index contributed by atoms with van der Waals surface area (Å²) in [6, 6.07) is 7.84. The first-order valence-electron chi connectivity index (χ1n) is 8.84. The molecule has 0 radical (unpaired) electrons. The van der Waals surface area contributed by atoms with Gasteiger partial charge in [-0.3, -0.25) is 0 Å². The molecular weight excluding hydrogens is 518 g/mol. The number of nitrogens with zero attached hydrogens (tertiary/aromatic N) is 4. The predicted molar refractivity (Wildman–Crippen MR) is 118 cm³/mol. The van der Waals surface area contributed by atoms with E-state index in [4.69, 9.17) is 9.97 Å². The second-order valence-corrected chi connectivity index (χ2v) is 11.8. The van der Waals surface area contributed by atoms with Gasteiger partial charge in [-0.05, 0) is 0 Å². The van der Waals surface area contributed by atoms with E-state index < -0.39 is 0 Å². The van der Waals surface area contributed by atoms with Crippen LogP contribution in [0.4, 0.5) is 0 Å². The fourth-order valence-electron chi connectivity index (χ4n) is 4.53. The molecule has 0 unspecified atom stereocenters. The van der Waals surface area contributed by atoms with Gasteiger partial charge in [-0.2, -0.15) is 0 Å². The summed E-state index contributed by atoms with van der Waals surface area (Å²) in [5, 5.41) is 3.31. The summed E-state index contributed by atoms with van der Waals surface area (Å²) < 4.78 is 7.05. The second-order valence-electron chi connectivity index (χ2n) is 7.04. The Morgan fingerprint density at radius 1 is 0.724 bits per heavy atom. The number of pyridine rings is 2. The topological polar surface area (TPSA) is 68.7 Å². The summed E-state index contributed by atoms with van der Waals surface area (Å²) in [7, 11) is 0. The molecule has 29 heavy (non-hydrogen) atoms. The van der Waals surface area contributed by atoms with Crippen molar-refractivity contribution < 1.29 is 0 Å². The van der Waals surface area contributed by atoms with E-state index in [-0.39, 0.29) is 40.1 Å². The van der Waals surface area contributed by atoms with Gasteiger partial charge in [0.15, 0.2) is 0 Å². The number of benzene rings is 1. The van der Waals surface area contributed by atoms with Gasteiger partial charge in [0.05, 0.1) is 0 Å². The molecular formula is C20H6N4O2SSe2. The Balaban J connectivity index is 1.79. The summed E-state index contributed by atoms with van der Waals surface area (Å²) in [5.74, 6) is 0. The summed E-state index contributed by atoms with van der Waals surface area (Å²) in [6.07, 6.45) is 0. The molecule has 0 fully saturated rings. The number of thiophene rings is 1. The van der Waals surface area contributed by atoms with Crippen molar-refractivity contribution in [3.05, 3.63) is 54.9 Å². The average molecular weight is 524 g/mol. The van der Waals surface area contributed by atoms with Gasteiger partial charge in [0, 0.05) is 0 Å². The monoisotopic (exact) mass is 526 g/mol. The molecule has 7 aromatic heterocycles. The molecule has 136 valence electrons. The molecule has 0 bridgehead atoms. The zero-order valence-corrected chi connectivity index (χ0v) is 18.5. The maximum atomic E-state index is 13.5. The van der Waals surface area contributed by atoms with E-state index in [0.717, 1.165) is 40.7 Å². The molecule has 0 aliphatic heterocycles. The van der Waals surface area contributed by atoms with Crippen molar-refractivity contribution in [1.82, 2.24) is 18.8 Å². The first-order chi connectivity index (χ1) is 14.2. The van der Waals surface area contributed by atoms with Crippen LogP contribution in [0.1, 0.15) is 0 Å². The van der Waals surface area contributed by atoms with Crippen LogP contribution in [0.25, 0.3) is 62.1 Å². The quantitative estimate of drug-likeness (QED) is 0.226.